The van der Waals surface area contributed by atoms with Crippen LogP contribution in [-0.4, -0.2) is 12.5 Å². The number of carbonyl (C=O) groups excluding carboxylic acids is 1. The Morgan fingerprint density at radius 2 is 1.76 bits per heavy atom. The van der Waals surface area contributed by atoms with E-state index in [-0.39, 0.29) is 24.8 Å². The lowest BCUT2D eigenvalue weighted by Crippen LogP contribution is -2.16. The number of amides is 1. The van der Waals surface area contributed by atoms with E-state index in [1.165, 1.54) is 36.4 Å². The van der Waals surface area contributed by atoms with Crippen LogP contribution in [0.2, 0.25) is 0 Å². The maximum atomic E-state index is 13.1. The summed E-state index contributed by atoms with van der Waals surface area (Å²) in [7, 11) is 0. The smallest absolute Gasteiger partial charge is 0.227 e. The quantitative estimate of drug-likeness (QED) is 0.912. The molecule has 0 spiro atoms. The summed E-state index contributed by atoms with van der Waals surface area (Å²) in [6.45, 7) is 1.94. The topological polar surface area (TPSA) is 38.3 Å². The number of aryl methyl sites for hydroxylation is 1. The number of carbonyl (C=O) groups is 1. The van der Waals surface area contributed by atoms with Crippen LogP contribution in [0.1, 0.15) is 12.0 Å². The molecule has 0 radical (unpaired) electrons. The van der Waals surface area contributed by atoms with Gasteiger partial charge in [-0.2, -0.15) is 0 Å². The third-order valence-corrected chi connectivity index (χ3v) is 2.89. The van der Waals surface area contributed by atoms with Crippen molar-refractivity contribution in [1.82, 2.24) is 0 Å². The van der Waals surface area contributed by atoms with Crippen LogP contribution >= 0.6 is 0 Å². The monoisotopic (exact) mass is 291 g/mol. The van der Waals surface area contributed by atoms with Gasteiger partial charge in [-0.25, -0.2) is 8.78 Å². The van der Waals surface area contributed by atoms with Crippen molar-refractivity contribution in [3.63, 3.8) is 0 Å². The zero-order valence-electron chi connectivity index (χ0n) is 11.5. The van der Waals surface area contributed by atoms with Crippen LogP contribution in [0.15, 0.2) is 42.5 Å². The molecule has 0 heterocycles. The fourth-order valence-corrected chi connectivity index (χ4v) is 1.73. The van der Waals surface area contributed by atoms with Crippen LogP contribution < -0.4 is 10.1 Å². The standard InChI is InChI=1S/C16H15F2NO2/c1-11-2-3-13(18)10-15(11)19-16(20)8-9-21-14-6-4-12(17)5-7-14/h2-7,10H,8-9H2,1H3,(H,19,20). The van der Waals surface area contributed by atoms with Crippen molar-refractivity contribution in [2.24, 2.45) is 0 Å². The summed E-state index contributed by atoms with van der Waals surface area (Å²) in [5.74, 6) is -0.530. The van der Waals surface area contributed by atoms with Crippen LogP contribution in [-0.2, 0) is 4.79 Å². The molecular weight excluding hydrogens is 276 g/mol. The molecule has 0 saturated carbocycles. The van der Waals surface area contributed by atoms with Gasteiger partial charge in [0.05, 0.1) is 13.0 Å². The highest BCUT2D eigenvalue weighted by Gasteiger charge is 2.06. The molecule has 0 aliphatic carbocycles. The Bertz CT molecular complexity index is 627. The van der Waals surface area contributed by atoms with E-state index in [9.17, 15) is 13.6 Å². The number of benzene rings is 2. The molecule has 0 fully saturated rings. The third kappa shape index (κ3) is 4.56. The molecule has 3 nitrogen and oxygen atoms in total. The van der Waals surface area contributed by atoms with Gasteiger partial charge >= 0.3 is 0 Å². The predicted octanol–water partition coefficient (Wildman–Crippen LogP) is 3.68. The summed E-state index contributed by atoms with van der Waals surface area (Å²) < 4.78 is 31.1. The third-order valence-electron chi connectivity index (χ3n) is 2.89. The van der Waals surface area contributed by atoms with Crippen molar-refractivity contribution in [2.45, 2.75) is 13.3 Å². The first-order valence-corrected chi connectivity index (χ1v) is 6.49. The average molecular weight is 291 g/mol. The molecule has 2 aromatic rings. The highest BCUT2D eigenvalue weighted by molar-refractivity contribution is 5.91. The molecule has 0 aliphatic heterocycles. The molecule has 0 atom stereocenters. The van der Waals surface area contributed by atoms with Crippen LogP contribution in [0.25, 0.3) is 0 Å². The summed E-state index contributed by atoms with van der Waals surface area (Å²) >= 11 is 0. The van der Waals surface area contributed by atoms with Gasteiger partial charge in [-0.1, -0.05) is 6.07 Å². The van der Waals surface area contributed by atoms with Crippen LogP contribution in [0, 0.1) is 18.6 Å². The van der Waals surface area contributed by atoms with Crippen molar-refractivity contribution >= 4 is 11.6 Å². The maximum absolute atomic E-state index is 13.1. The predicted molar refractivity (Wildman–Crippen MR) is 76.3 cm³/mol. The Morgan fingerprint density at radius 3 is 2.48 bits per heavy atom. The van der Waals surface area contributed by atoms with Gasteiger partial charge < -0.3 is 10.1 Å². The Morgan fingerprint density at radius 1 is 1.10 bits per heavy atom. The van der Waals surface area contributed by atoms with Crippen molar-refractivity contribution in [3.8, 4) is 5.75 Å². The van der Waals surface area contributed by atoms with Gasteiger partial charge in [0.1, 0.15) is 17.4 Å². The molecule has 0 unspecified atom stereocenters. The number of hydrogen-bond donors (Lipinski definition) is 1. The van der Waals surface area contributed by atoms with E-state index in [1.807, 2.05) is 0 Å². The molecule has 0 aromatic heterocycles. The largest absolute Gasteiger partial charge is 0.493 e. The van der Waals surface area contributed by atoms with Gasteiger partial charge in [0, 0.05) is 5.69 Å². The van der Waals surface area contributed by atoms with Gasteiger partial charge in [0.2, 0.25) is 5.91 Å². The molecule has 1 N–H and O–H groups in total. The van der Waals surface area contributed by atoms with E-state index in [1.54, 1.807) is 13.0 Å². The van der Waals surface area contributed by atoms with Crippen LogP contribution in [0.3, 0.4) is 0 Å². The summed E-state index contributed by atoms with van der Waals surface area (Å²) in [5, 5.41) is 2.63. The van der Waals surface area contributed by atoms with Crippen LogP contribution in [0.5, 0.6) is 5.75 Å². The first-order chi connectivity index (χ1) is 10.0. The molecule has 0 bridgehead atoms. The second-order valence-corrected chi connectivity index (χ2v) is 4.56. The molecule has 1 amide bonds. The minimum atomic E-state index is -0.404. The van der Waals surface area contributed by atoms with Crippen molar-refractivity contribution in [2.75, 3.05) is 11.9 Å². The Labute approximate surface area is 121 Å². The van der Waals surface area contributed by atoms with Gasteiger partial charge in [-0.05, 0) is 48.9 Å². The van der Waals surface area contributed by atoms with E-state index in [0.717, 1.165) is 5.56 Å². The van der Waals surface area contributed by atoms with Crippen molar-refractivity contribution in [1.29, 1.82) is 0 Å². The van der Waals surface area contributed by atoms with Crippen molar-refractivity contribution < 1.29 is 18.3 Å². The Kier molecular flexibility index (Phi) is 4.87. The fraction of sp³-hybridized carbons (Fsp3) is 0.188. The minimum Gasteiger partial charge on any atom is -0.493 e. The Hall–Kier alpha value is -2.43. The zero-order valence-corrected chi connectivity index (χ0v) is 11.5. The number of rotatable bonds is 5. The number of nitrogens with one attached hydrogen (secondary N) is 1. The lowest BCUT2D eigenvalue weighted by Gasteiger charge is -2.09. The molecule has 2 aromatic carbocycles. The highest BCUT2D eigenvalue weighted by atomic mass is 19.1. The lowest BCUT2D eigenvalue weighted by molar-refractivity contribution is -0.116. The normalized spacial score (nSPS) is 10.2. The molecule has 2 rings (SSSR count). The van der Waals surface area contributed by atoms with Gasteiger partial charge in [-0.15, -0.1) is 0 Å². The van der Waals surface area contributed by atoms with Gasteiger partial charge in [0.25, 0.3) is 0 Å². The number of hydrogen-bond acceptors (Lipinski definition) is 2. The summed E-state index contributed by atoms with van der Waals surface area (Å²) in [4.78, 5) is 11.7. The number of ether oxygens (including phenoxy) is 1. The number of halogens is 2. The van der Waals surface area contributed by atoms with E-state index >= 15 is 0 Å². The molecule has 110 valence electrons. The first-order valence-electron chi connectivity index (χ1n) is 6.49. The van der Waals surface area contributed by atoms with Crippen molar-refractivity contribution in [3.05, 3.63) is 59.7 Å². The van der Waals surface area contributed by atoms with E-state index < -0.39 is 5.82 Å². The zero-order chi connectivity index (χ0) is 15.2. The molecule has 0 saturated heterocycles. The summed E-state index contributed by atoms with van der Waals surface area (Å²) in [6.07, 6.45) is 0.118. The molecular formula is C16H15F2NO2. The maximum Gasteiger partial charge on any atom is 0.227 e. The lowest BCUT2D eigenvalue weighted by atomic mass is 10.2. The highest BCUT2D eigenvalue weighted by Crippen LogP contribution is 2.16. The molecule has 0 aliphatic rings. The van der Waals surface area contributed by atoms with Crippen LogP contribution in [0.4, 0.5) is 14.5 Å². The van der Waals surface area contributed by atoms with Gasteiger partial charge in [-0.3, -0.25) is 4.79 Å². The Balaban J connectivity index is 1.82. The van der Waals surface area contributed by atoms with E-state index in [0.29, 0.717) is 11.4 Å². The number of anilines is 1. The van der Waals surface area contributed by atoms with E-state index in [2.05, 4.69) is 5.32 Å². The van der Waals surface area contributed by atoms with Gasteiger partial charge in [0.15, 0.2) is 0 Å². The minimum absolute atomic E-state index is 0.118. The second-order valence-electron chi connectivity index (χ2n) is 4.56. The fourth-order valence-electron chi connectivity index (χ4n) is 1.73. The second kappa shape index (κ2) is 6.83. The first kappa shape index (κ1) is 15.0. The summed E-state index contributed by atoms with van der Waals surface area (Å²) in [6, 6.07) is 9.75. The van der Waals surface area contributed by atoms with E-state index in [4.69, 9.17) is 4.74 Å². The molecule has 5 heteroatoms. The SMILES string of the molecule is Cc1ccc(F)cc1NC(=O)CCOc1ccc(F)cc1. The summed E-state index contributed by atoms with van der Waals surface area (Å²) in [5.41, 5.74) is 1.23. The molecule has 21 heavy (non-hydrogen) atoms. The average Bonchev–Trinajstić information content (AvgIpc) is 2.45.